The molecule has 3 heteroatoms. The van der Waals surface area contributed by atoms with Crippen molar-refractivity contribution in [2.75, 3.05) is 13.2 Å². The molecule has 2 rings (SSSR count). The van der Waals surface area contributed by atoms with Gasteiger partial charge in [-0.1, -0.05) is 54.3 Å². The Kier molecular flexibility index (Phi) is 6.62. The highest BCUT2D eigenvalue weighted by molar-refractivity contribution is 5.84. The summed E-state index contributed by atoms with van der Waals surface area (Å²) in [6.07, 6.45) is 2.34. The minimum absolute atomic E-state index is 0.0396. The summed E-state index contributed by atoms with van der Waals surface area (Å²) in [6, 6.07) is 17.8. The summed E-state index contributed by atoms with van der Waals surface area (Å²) in [5.41, 5.74) is 3.06. The van der Waals surface area contributed by atoms with Crippen LogP contribution in [0.25, 0.3) is 0 Å². The number of esters is 1. The lowest BCUT2D eigenvalue weighted by Gasteiger charge is -2.01. The SMILES string of the molecule is CCOC(=O)CN=Cc1ccccc1CC#Cc1ccccc1. The van der Waals surface area contributed by atoms with Gasteiger partial charge in [0.2, 0.25) is 0 Å². The van der Waals surface area contributed by atoms with Crippen molar-refractivity contribution in [3.63, 3.8) is 0 Å². The molecule has 0 unspecified atom stereocenters. The highest BCUT2D eigenvalue weighted by Crippen LogP contribution is 2.07. The molecule has 0 atom stereocenters. The molecule has 23 heavy (non-hydrogen) atoms. The van der Waals surface area contributed by atoms with Crippen LogP contribution in [0, 0.1) is 11.8 Å². The van der Waals surface area contributed by atoms with E-state index in [1.807, 2.05) is 54.6 Å². The molecule has 0 aromatic heterocycles. The lowest BCUT2D eigenvalue weighted by Crippen LogP contribution is -2.07. The minimum atomic E-state index is -0.315. The Hall–Kier alpha value is -2.86. The number of carbonyl (C=O) groups is 1. The van der Waals surface area contributed by atoms with Gasteiger partial charge < -0.3 is 4.74 Å². The van der Waals surface area contributed by atoms with Gasteiger partial charge in [0, 0.05) is 18.2 Å². The van der Waals surface area contributed by atoms with Crippen molar-refractivity contribution in [1.29, 1.82) is 0 Å². The normalized spacial score (nSPS) is 10.1. The van der Waals surface area contributed by atoms with Crippen LogP contribution in [-0.2, 0) is 16.0 Å². The van der Waals surface area contributed by atoms with Crippen molar-refractivity contribution in [2.45, 2.75) is 13.3 Å². The second kappa shape index (κ2) is 9.22. The van der Waals surface area contributed by atoms with Crippen LogP contribution in [0.2, 0.25) is 0 Å². The molecule has 0 amide bonds. The maximum absolute atomic E-state index is 11.3. The Morgan fingerprint density at radius 3 is 2.65 bits per heavy atom. The fourth-order valence-corrected chi connectivity index (χ4v) is 2.01. The molecule has 116 valence electrons. The third kappa shape index (κ3) is 5.80. The smallest absolute Gasteiger partial charge is 0.327 e. The first-order chi connectivity index (χ1) is 11.3. The van der Waals surface area contributed by atoms with Gasteiger partial charge in [-0.05, 0) is 30.2 Å². The zero-order valence-electron chi connectivity index (χ0n) is 13.2. The van der Waals surface area contributed by atoms with Gasteiger partial charge in [0.05, 0.1) is 6.61 Å². The molecule has 2 aromatic rings. The van der Waals surface area contributed by atoms with Crippen molar-refractivity contribution in [3.05, 3.63) is 71.3 Å². The van der Waals surface area contributed by atoms with Crippen LogP contribution in [0.3, 0.4) is 0 Å². The highest BCUT2D eigenvalue weighted by atomic mass is 16.5. The van der Waals surface area contributed by atoms with E-state index in [0.29, 0.717) is 13.0 Å². The number of aliphatic imine (C=N–C) groups is 1. The van der Waals surface area contributed by atoms with E-state index in [1.165, 1.54) is 0 Å². The number of carbonyl (C=O) groups excluding carboxylic acids is 1. The van der Waals surface area contributed by atoms with Crippen molar-refractivity contribution in [3.8, 4) is 11.8 Å². The van der Waals surface area contributed by atoms with Crippen molar-refractivity contribution in [2.24, 2.45) is 4.99 Å². The number of ether oxygens (including phenoxy) is 1. The molecule has 2 aromatic carbocycles. The second-order valence-corrected chi connectivity index (χ2v) is 4.82. The quantitative estimate of drug-likeness (QED) is 0.483. The second-order valence-electron chi connectivity index (χ2n) is 4.82. The van der Waals surface area contributed by atoms with Gasteiger partial charge in [0.25, 0.3) is 0 Å². The Balaban J connectivity index is 2.02. The predicted octanol–water partition coefficient (Wildman–Crippen LogP) is 3.26. The van der Waals surface area contributed by atoms with Crippen LogP contribution in [0.1, 0.15) is 23.6 Å². The summed E-state index contributed by atoms with van der Waals surface area (Å²) in [6.45, 7) is 2.19. The lowest BCUT2D eigenvalue weighted by molar-refractivity contribution is -0.141. The molecule has 0 heterocycles. The first-order valence-corrected chi connectivity index (χ1v) is 7.57. The van der Waals surface area contributed by atoms with Gasteiger partial charge in [-0.25, -0.2) is 0 Å². The maximum atomic E-state index is 11.3. The minimum Gasteiger partial charge on any atom is -0.465 e. The summed E-state index contributed by atoms with van der Waals surface area (Å²) in [5, 5.41) is 0. The number of rotatable bonds is 5. The molecule has 0 bridgehead atoms. The van der Waals surface area contributed by atoms with Crippen LogP contribution in [0.5, 0.6) is 0 Å². The van der Waals surface area contributed by atoms with E-state index in [4.69, 9.17) is 4.74 Å². The predicted molar refractivity (Wildman–Crippen MR) is 92.6 cm³/mol. The van der Waals surface area contributed by atoms with E-state index in [2.05, 4.69) is 16.8 Å². The van der Waals surface area contributed by atoms with Crippen molar-refractivity contribution >= 4 is 12.2 Å². The van der Waals surface area contributed by atoms with Gasteiger partial charge in [-0.2, -0.15) is 0 Å². The summed E-state index contributed by atoms with van der Waals surface area (Å²) >= 11 is 0. The largest absolute Gasteiger partial charge is 0.465 e. The standard InChI is InChI=1S/C20H19NO2/c1-2-23-20(22)16-21-15-19-13-7-6-12-18(19)14-8-11-17-9-4-3-5-10-17/h3-7,9-10,12-13,15H,2,14,16H2,1H3. The monoisotopic (exact) mass is 305 g/mol. The Morgan fingerprint density at radius 1 is 1.13 bits per heavy atom. The first kappa shape index (κ1) is 16.5. The number of benzene rings is 2. The first-order valence-electron chi connectivity index (χ1n) is 7.57. The van der Waals surface area contributed by atoms with Crippen LogP contribution in [0.4, 0.5) is 0 Å². The molecule has 0 saturated carbocycles. The highest BCUT2D eigenvalue weighted by Gasteiger charge is 2.00. The average Bonchev–Trinajstić information content (AvgIpc) is 2.57. The van der Waals surface area contributed by atoms with E-state index in [0.717, 1.165) is 16.7 Å². The maximum Gasteiger partial charge on any atom is 0.327 e. The fraction of sp³-hybridized carbons (Fsp3) is 0.200. The van der Waals surface area contributed by atoms with Gasteiger partial charge in [-0.15, -0.1) is 0 Å². The van der Waals surface area contributed by atoms with E-state index in [9.17, 15) is 4.79 Å². The third-order valence-corrected chi connectivity index (χ3v) is 3.10. The van der Waals surface area contributed by atoms with Crippen LogP contribution in [0.15, 0.2) is 59.6 Å². The van der Waals surface area contributed by atoms with E-state index < -0.39 is 0 Å². The zero-order valence-corrected chi connectivity index (χ0v) is 13.2. The summed E-state index contributed by atoms with van der Waals surface area (Å²) in [4.78, 5) is 15.4. The summed E-state index contributed by atoms with van der Waals surface area (Å²) in [7, 11) is 0. The third-order valence-electron chi connectivity index (χ3n) is 3.10. The van der Waals surface area contributed by atoms with E-state index in [-0.39, 0.29) is 12.5 Å². The molecule has 0 aliphatic rings. The number of hydrogen-bond donors (Lipinski definition) is 0. The zero-order chi connectivity index (χ0) is 16.3. The van der Waals surface area contributed by atoms with Crippen LogP contribution in [-0.4, -0.2) is 25.3 Å². The molecular weight excluding hydrogens is 286 g/mol. The molecule has 0 saturated heterocycles. The molecule has 0 spiro atoms. The number of hydrogen-bond acceptors (Lipinski definition) is 3. The Morgan fingerprint density at radius 2 is 1.87 bits per heavy atom. The van der Waals surface area contributed by atoms with Crippen molar-refractivity contribution in [1.82, 2.24) is 0 Å². The molecule has 0 aliphatic carbocycles. The van der Waals surface area contributed by atoms with Crippen LogP contribution < -0.4 is 0 Å². The molecule has 0 radical (unpaired) electrons. The topological polar surface area (TPSA) is 38.7 Å². The number of nitrogens with zero attached hydrogens (tertiary/aromatic N) is 1. The van der Waals surface area contributed by atoms with Gasteiger partial charge in [0.1, 0.15) is 6.54 Å². The lowest BCUT2D eigenvalue weighted by atomic mass is 10.1. The Labute approximate surface area is 137 Å². The molecular formula is C20H19NO2. The van der Waals surface area contributed by atoms with Gasteiger partial charge >= 0.3 is 5.97 Å². The molecule has 0 aliphatic heterocycles. The molecule has 0 N–H and O–H groups in total. The average molecular weight is 305 g/mol. The van der Waals surface area contributed by atoms with Crippen LogP contribution >= 0.6 is 0 Å². The summed E-state index contributed by atoms with van der Waals surface area (Å²) in [5.74, 6) is 6.00. The fourth-order valence-electron chi connectivity index (χ4n) is 2.01. The molecule has 0 fully saturated rings. The summed E-state index contributed by atoms with van der Waals surface area (Å²) < 4.78 is 4.85. The van der Waals surface area contributed by atoms with Gasteiger partial charge in [-0.3, -0.25) is 9.79 Å². The van der Waals surface area contributed by atoms with E-state index in [1.54, 1.807) is 13.1 Å². The Bertz CT molecular complexity index is 724. The van der Waals surface area contributed by atoms with Crippen molar-refractivity contribution < 1.29 is 9.53 Å². The molecule has 3 nitrogen and oxygen atoms in total. The van der Waals surface area contributed by atoms with E-state index >= 15 is 0 Å². The van der Waals surface area contributed by atoms with Gasteiger partial charge in [0.15, 0.2) is 0 Å².